The van der Waals surface area contributed by atoms with Crippen molar-refractivity contribution in [2.45, 2.75) is 25.7 Å². The highest BCUT2D eigenvalue weighted by Crippen LogP contribution is 2.28. The van der Waals surface area contributed by atoms with Gasteiger partial charge < -0.3 is 5.32 Å². The normalized spacial score (nSPS) is 23.0. The first-order valence-corrected chi connectivity index (χ1v) is 4.34. The van der Waals surface area contributed by atoms with Gasteiger partial charge in [-0.2, -0.15) is 0 Å². The molecule has 0 saturated heterocycles. The van der Waals surface area contributed by atoms with Crippen LogP contribution in [0.1, 0.15) is 25.7 Å². The highest BCUT2D eigenvalue weighted by atomic mass is 14.9. The van der Waals surface area contributed by atoms with Crippen molar-refractivity contribution in [3.63, 3.8) is 0 Å². The Morgan fingerprint density at radius 3 is 2.80 bits per heavy atom. The van der Waals surface area contributed by atoms with Crippen LogP contribution in [0.2, 0.25) is 0 Å². The van der Waals surface area contributed by atoms with E-state index in [-0.39, 0.29) is 0 Å². The summed E-state index contributed by atoms with van der Waals surface area (Å²) in [7, 11) is 0. The molecule has 0 amide bonds. The van der Waals surface area contributed by atoms with E-state index in [4.69, 9.17) is 0 Å². The van der Waals surface area contributed by atoms with Crippen LogP contribution in [0.25, 0.3) is 0 Å². The molecule has 1 nitrogen and oxygen atoms in total. The number of allylic oxidation sites excluding steroid dienone is 1. The maximum absolute atomic E-state index is 3.44. The standard InChI is InChI=1S/C9H15N/c1-2-8(1)5-6-10-7-9-3-4-9/h5,9-10H,1-4,6-7H2. The summed E-state index contributed by atoms with van der Waals surface area (Å²) >= 11 is 0. The Bertz CT molecular complexity index is 139. The van der Waals surface area contributed by atoms with Crippen LogP contribution in [-0.2, 0) is 0 Å². The lowest BCUT2D eigenvalue weighted by Crippen LogP contribution is -2.16. The van der Waals surface area contributed by atoms with Gasteiger partial charge in [0.2, 0.25) is 0 Å². The molecule has 2 aliphatic rings. The molecule has 0 aromatic rings. The molecule has 0 aromatic heterocycles. The Morgan fingerprint density at radius 2 is 2.20 bits per heavy atom. The van der Waals surface area contributed by atoms with E-state index >= 15 is 0 Å². The third kappa shape index (κ3) is 2.14. The number of hydrogen-bond acceptors (Lipinski definition) is 1. The van der Waals surface area contributed by atoms with E-state index < -0.39 is 0 Å². The summed E-state index contributed by atoms with van der Waals surface area (Å²) in [5.74, 6) is 1.03. The highest BCUT2D eigenvalue weighted by molar-refractivity contribution is 5.16. The minimum Gasteiger partial charge on any atom is -0.313 e. The second-order valence-electron chi connectivity index (χ2n) is 3.46. The summed E-state index contributed by atoms with van der Waals surface area (Å²) in [6, 6.07) is 0. The number of nitrogens with one attached hydrogen (secondary N) is 1. The predicted octanol–water partition coefficient (Wildman–Crippen LogP) is 1.71. The molecular weight excluding hydrogens is 122 g/mol. The Kier molecular flexibility index (Phi) is 1.76. The second kappa shape index (κ2) is 2.75. The third-order valence-corrected chi connectivity index (χ3v) is 2.20. The van der Waals surface area contributed by atoms with Gasteiger partial charge in [0, 0.05) is 6.54 Å². The van der Waals surface area contributed by atoms with Crippen LogP contribution in [0.5, 0.6) is 0 Å². The molecule has 0 unspecified atom stereocenters. The van der Waals surface area contributed by atoms with Crippen LogP contribution in [-0.4, -0.2) is 13.1 Å². The molecule has 2 fully saturated rings. The van der Waals surface area contributed by atoms with E-state index in [9.17, 15) is 0 Å². The minimum absolute atomic E-state index is 1.03. The quantitative estimate of drug-likeness (QED) is 0.459. The number of rotatable bonds is 4. The fourth-order valence-electron chi connectivity index (χ4n) is 1.10. The van der Waals surface area contributed by atoms with Crippen molar-refractivity contribution >= 4 is 0 Å². The van der Waals surface area contributed by atoms with Crippen LogP contribution in [0, 0.1) is 5.92 Å². The lowest BCUT2D eigenvalue weighted by molar-refractivity contribution is 0.682. The van der Waals surface area contributed by atoms with Crippen molar-refractivity contribution in [3.8, 4) is 0 Å². The van der Waals surface area contributed by atoms with E-state index in [1.165, 1.54) is 32.2 Å². The van der Waals surface area contributed by atoms with Crippen molar-refractivity contribution in [2.24, 2.45) is 5.92 Å². The zero-order valence-electron chi connectivity index (χ0n) is 6.40. The first-order valence-electron chi connectivity index (χ1n) is 4.34. The van der Waals surface area contributed by atoms with Gasteiger partial charge >= 0.3 is 0 Å². The van der Waals surface area contributed by atoms with Crippen molar-refractivity contribution < 1.29 is 0 Å². The molecule has 1 N–H and O–H groups in total. The van der Waals surface area contributed by atoms with Crippen LogP contribution < -0.4 is 5.32 Å². The maximum atomic E-state index is 3.44. The Balaban J connectivity index is 1.50. The summed E-state index contributed by atoms with van der Waals surface area (Å²) in [4.78, 5) is 0. The summed E-state index contributed by atoms with van der Waals surface area (Å²) in [6.45, 7) is 2.37. The molecule has 2 rings (SSSR count). The zero-order valence-corrected chi connectivity index (χ0v) is 6.40. The lowest BCUT2D eigenvalue weighted by atomic mass is 10.4. The van der Waals surface area contributed by atoms with Gasteiger partial charge in [-0.25, -0.2) is 0 Å². The molecule has 2 saturated carbocycles. The van der Waals surface area contributed by atoms with Crippen molar-refractivity contribution in [1.82, 2.24) is 5.32 Å². The summed E-state index contributed by atoms with van der Waals surface area (Å²) < 4.78 is 0. The smallest absolute Gasteiger partial charge is 0.0137 e. The second-order valence-corrected chi connectivity index (χ2v) is 3.46. The molecule has 0 atom stereocenters. The van der Waals surface area contributed by atoms with E-state index in [0.717, 1.165) is 12.5 Å². The molecular formula is C9H15N. The molecule has 0 heterocycles. The molecule has 0 radical (unpaired) electrons. The largest absolute Gasteiger partial charge is 0.313 e. The van der Waals surface area contributed by atoms with E-state index in [1.54, 1.807) is 5.57 Å². The minimum atomic E-state index is 1.03. The van der Waals surface area contributed by atoms with E-state index in [0.29, 0.717) is 0 Å². The highest BCUT2D eigenvalue weighted by Gasteiger charge is 2.19. The number of hydrogen-bond donors (Lipinski definition) is 1. The average Bonchev–Trinajstić information content (AvgIpc) is 2.77. The fourth-order valence-corrected chi connectivity index (χ4v) is 1.10. The van der Waals surface area contributed by atoms with Gasteiger partial charge in [0.15, 0.2) is 0 Å². The molecule has 0 bridgehead atoms. The monoisotopic (exact) mass is 137 g/mol. The van der Waals surface area contributed by atoms with Gasteiger partial charge in [-0.15, -0.1) is 0 Å². The predicted molar refractivity (Wildman–Crippen MR) is 42.9 cm³/mol. The van der Waals surface area contributed by atoms with E-state index in [2.05, 4.69) is 11.4 Å². The lowest BCUT2D eigenvalue weighted by Gasteiger charge is -1.96. The van der Waals surface area contributed by atoms with Gasteiger partial charge in [0.25, 0.3) is 0 Å². The van der Waals surface area contributed by atoms with Crippen molar-refractivity contribution in [3.05, 3.63) is 11.6 Å². The van der Waals surface area contributed by atoms with Gasteiger partial charge in [-0.3, -0.25) is 0 Å². The van der Waals surface area contributed by atoms with Gasteiger partial charge in [-0.05, 0) is 38.1 Å². The molecule has 10 heavy (non-hydrogen) atoms. The molecule has 0 spiro atoms. The summed E-state index contributed by atoms with van der Waals surface area (Å²) in [5.41, 5.74) is 1.66. The van der Waals surface area contributed by atoms with Crippen molar-refractivity contribution in [1.29, 1.82) is 0 Å². The Morgan fingerprint density at radius 1 is 1.40 bits per heavy atom. The van der Waals surface area contributed by atoms with Crippen LogP contribution in [0.4, 0.5) is 0 Å². The summed E-state index contributed by atoms with van der Waals surface area (Å²) in [6.07, 6.45) is 8.01. The first-order chi connectivity index (χ1) is 4.95. The van der Waals surface area contributed by atoms with Crippen LogP contribution in [0.15, 0.2) is 11.6 Å². The van der Waals surface area contributed by atoms with Gasteiger partial charge in [-0.1, -0.05) is 11.6 Å². The summed E-state index contributed by atoms with van der Waals surface area (Å²) in [5, 5.41) is 3.44. The first kappa shape index (κ1) is 6.41. The average molecular weight is 137 g/mol. The van der Waals surface area contributed by atoms with E-state index in [1.807, 2.05) is 0 Å². The van der Waals surface area contributed by atoms with Gasteiger partial charge in [0.05, 0.1) is 0 Å². The third-order valence-electron chi connectivity index (χ3n) is 2.20. The molecule has 0 aromatic carbocycles. The van der Waals surface area contributed by atoms with Crippen molar-refractivity contribution in [2.75, 3.05) is 13.1 Å². The topological polar surface area (TPSA) is 12.0 Å². The van der Waals surface area contributed by atoms with Crippen LogP contribution >= 0.6 is 0 Å². The molecule has 56 valence electrons. The molecule has 0 aliphatic heterocycles. The Hall–Kier alpha value is -0.300. The zero-order chi connectivity index (χ0) is 6.81. The van der Waals surface area contributed by atoms with Crippen LogP contribution in [0.3, 0.4) is 0 Å². The molecule has 2 aliphatic carbocycles. The maximum Gasteiger partial charge on any atom is 0.0137 e. The fraction of sp³-hybridized carbons (Fsp3) is 0.778. The Labute approximate surface area is 62.5 Å². The SMILES string of the molecule is C(CNCC1CC1)=C1CC1. The molecule has 1 heteroatoms. The van der Waals surface area contributed by atoms with Gasteiger partial charge in [0.1, 0.15) is 0 Å².